The van der Waals surface area contributed by atoms with Gasteiger partial charge in [-0.15, -0.1) is 0 Å². The molecular weight excluding hydrogens is 594 g/mol. The zero-order valence-electron chi connectivity index (χ0n) is 31.1. The molecule has 0 aromatic heterocycles. The van der Waals surface area contributed by atoms with E-state index in [1.165, 1.54) is 12.1 Å². The normalized spacial score (nSPS) is 11.7. The van der Waals surface area contributed by atoms with Crippen molar-refractivity contribution in [2.75, 3.05) is 105 Å². The molecule has 0 bridgehead atoms. The van der Waals surface area contributed by atoms with Gasteiger partial charge in [0.2, 0.25) is 0 Å². The number of carbonyl (C=O) groups excluding carboxylic acids is 2. The lowest BCUT2D eigenvalue weighted by Gasteiger charge is -2.27. The molecular formula is C36H67N7O4. The van der Waals surface area contributed by atoms with Crippen molar-refractivity contribution < 1.29 is 14.5 Å². The average Bonchev–Trinajstić information content (AvgIpc) is 3.09. The Balaban J connectivity index is 3.36. The lowest BCUT2D eigenvalue weighted by Crippen LogP contribution is -2.38. The summed E-state index contributed by atoms with van der Waals surface area (Å²) in [5.74, 6) is -0.507. The first-order valence-corrected chi connectivity index (χ1v) is 18.4. The number of non-ortho nitro benzene ring substituents is 1. The first kappa shape index (κ1) is 42.4. The first-order chi connectivity index (χ1) is 22.6. The van der Waals surface area contributed by atoms with Crippen LogP contribution in [0.2, 0.25) is 0 Å². The molecule has 0 fully saturated rings. The van der Waals surface area contributed by atoms with Gasteiger partial charge in [-0.05, 0) is 110 Å². The van der Waals surface area contributed by atoms with Gasteiger partial charge in [-0.25, -0.2) is 0 Å². The molecule has 1 aromatic rings. The molecule has 0 aliphatic heterocycles. The molecule has 11 heteroatoms. The maximum absolute atomic E-state index is 14.1. The molecule has 1 rings (SSSR count). The highest BCUT2D eigenvalue weighted by Crippen LogP contribution is 2.21. The van der Waals surface area contributed by atoms with E-state index in [2.05, 4.69) is 75.0 Å². The van der Waals surface area contributed by atoms with Crippen LogP contribution in [-0.4, -0.2) is 151 Å². The number of rotatable bonds is 27. The minimum absolute atomic E-state index is 0.208. The van der Waals surface area contributed by atoms with Crippen molar-refractivity contribution in [2.24, 2.45) is 0 Å². The van der Waals surface area contributed by atoms with Gasteiger partial charge >= 0.3 is 0 Å². The van der Waals surface area contributed by atoms with Crippen LogP contribution in [0.25, 0.3) is 0 Å². The van der Waals surface area contributed by atoms with Crippen LogP contribution in [0.1, 0.15) is 102 Å². The Morgan fingerprint density at radius 1 is 0.489 bits per heavy atom. The summed E-state index contributed by atoms with van der Waals surface area (Å²) in [6, 6.07) is 4.26. The summed E-state index contributed by atoms with van der Waals surface area (Å²) in [7, 11) is 0. The van der Waals surface area contributed by atoms with E-state index in [1.54, 1.807) is 6.07 Å². The number of hydrogen-bond acceptors (Lipinski definition) is 8. The molecule has 2 amide bonds. The van der Waals surface area contributed by atoms with Gasteiger partial charge < -0.3 is 29.4 Å². The molecule has 1 aromatic carbocycles. The molecule has 270 valence electrons. The Bertz CT molecular complexity index is 918. The van der Waals surface area contributed by atoms with Gasteiger partial charge in [0.15, 0.2) is 0 Å². The number of carbonyl (C=O) groups is 2. The van der Waals surface area contributed by atoms with E-state index in [4.69, 9.17) is 0 Å². The molecule has 0 aliphatic carbocycles. The summed E-state index contributed by atoms with van der Waals surface area (Å²) in [5, 5.41) is 12.1. The maximum atomic E-state index is 14.1. The summed E-state index contributed by atoms with van der Waals surface area (Å²) in [6.45, 7) is 30.4. The van der Waals surface area contributed by atoms with E-state index in [0.717, 1.165) is 104 Å². The van der Waals surface area contributed by atoms with Crippen LogP contribution in [0.15, 0.2) is 18.2 Å². The minimum Gasteiger partial charge on any atom is -0.339 e. The van der Waals surface area contributed by atoms with Crippen LogP contribution in [-0.2, 0) is 0 Å². The highest BCUT2D eigenvalue weighted by molar-refractivity contribution is 6.00. The van der Waals surface area contributed by atoms with Crippen LogP contribution in [0.5, 0.6) is 0 Å². The first-order valence-electron chi connectivity index (χ1n) is 18.4. The Hall–Kier alpha value is -2.60. The summed E-state index contributed by atoms with van der Waals surface area (Å²) >= 11 is 0. The fourth-order valence-corrected chi connectivity index (χ4v) is 6.06. The second-order valence-electron chi connectivity index (χ2n) is 12.1. The SMILES string of the molecule is CCN(CC)CCCN(CCCN(CC)CC)C(=O)c1cc(C(=O)N(CCCN(CC)CC)CCCN(CC)CC)cc([N+](=O)[O-])c1. The fourth-order valence-electron chi connectivity index (χ4n) is 6.06. The summed E-state index contributed by atoms with van der Waals surface area (Å²) in [4.78, 5) is 52.7. The smallest absolute Gasteiger partial charge is 0.271 e. The van der Waals surface area contributed by atoms with Crippen LogP contribution >= 0.6 is 0 Å². The highest BCUT2D eigenvalue weighted by atomic mass is 16.6. The summed E-state index contributed by atoms with van der Waals surface area (Å²) < 4.78 is 0. The standard InChI is InChI=1S/C36H67N7O4/c1-9-37(10-2)21-17-25-41(26-18-22-38(11-3)12-4)35(44)32-29-33(31-34(30-32)43(46)47)36(45)42(27-19-23-39(13-5)14-6)28-20-24-40(15-7)16-8/h29-31H,9-28H2,1-8H3. The van der Waals surface area contributed by atoms with Crippen molar-refractivity contribution in [3.8, 4) is 0 Å². The van der Waals surface area contributed by atoms with Gasteiger partial charge in [0.1, 0.15) is 0 Å². The van der Waals surface area contributed by atoms with Crippen molar-refractivity contribution in [2.45, 2.75) is 81.1 Å². The van der Waals surface area contributed by atoms with E-state index >= 15 is 0 Å². The number of hydrogen-bond donors (Lipinski definition) is 0. The second-order valence-corrected chi connectivity index (χ2v) is 12.1. The van der Waals surface area contributed by atoms with Crippen molar-refractivity contribution in [1.29, 1.82) is 0 Å². The molecule has 47 heavy (non-hydrogen) atoms. The largest absolute Gasteiger partial charge is 0.339 e. The van der Waals surface area contributed by atoms with E-state index < -0.39 is 4.92 Å². The van der Waals surface area contributed by atoms with Gasteiger partial charge in [-0.2, -0.15) is 0 Å². The highest BCUT2D eigenvalue weighted by Gasteiger charge is 2.24. The Morgan fingerprint density at radius 2 is 0.745 bits per heavy atom. The Labute approximate surface area is 286 Å². The molecule has 0 aliphatic rings. The molecule has 0 saturated heterocycles. The zero-order valence-corrected chi connectivity index (χ0v) is 31.1. The molecule has 0 N–H and O–H groups in total. The molecule has 11 nitrogen and oxygen atoms in total. The summed E-state index contributed by atoms with van der Waals surface area (Å²) in [6.07, 6.45) is 3.25. The van der Waals surface area contributed by atoms with Gasteiger partial charge in [-0.3, -0.25) is 19.7 Å². The number of nitro groups is 1. The average molecular weight is 662 g/mol. The van der Waals surface area contributed by atoms with Crippen molar-refractivity contribution in [3.63, 3.8) is 0 Å². The number of nitrogens with zero attached hydrogens (tertiary/aromatic N) is 7. The second kappa shape index (κ2) is 24.5. The number of benzene rings is 1. The third-order valence-corrected chi connectivity index (χ3v) is 9.38. The number of nitro benzene ring substituents is 1. The molecule has 0 spiro atoms. The summed E-state index contributed by atoms with van der Waals surface area (Å²) in [5.41, 5.74) is 0.190. The third-order valence-electron chi connectivity index (χ3n) is 9.38. The van der Waals surface area contributed by atoms with Crippen LogP contribution < -0.4 is 0 Å². The van der Waals surface area contributed by atoms with Crippen LogP contribution in [0.3, 0.4) is 0 Å². The predicted molar refractivity (Wildman–Crippen MR) is 195 cm³/mol. The fraction of sp³-hybridized carbons (Fsp3) is 0.778. The van der Waals surface area contributed by atoms with Gasteiger partial charge in [0.25, 0.3) is 17.5 Å². The molecule has 0 saturated carbocycles. The van der Waals surface area contributed by atoms with E-state index in [9.17, 15) is 19.7 Å². The molecule has 0 heterocycles. The monoisotopic (exact) mass is 662 g/mol. The molecule has 0 atom stereocenters. The number of amides is 2. The topological polar surface area (TPSA) is 96.7 Å². The van der Waals surface area contributed by atoms with Gasteiger partial charge in [0, 0.05) is 49.4 Å². The Kier molecular flexibility index (Phi) is 22.1. The lowest BCUT2D eigenvalue weighted by molar-refractivity contribution is -0.384. The lowest BCUT2D eigenvalue weighted by atomic mass is 10.1. The predicted octanol–water partition coefficient (Wildman–Crippen LogP) is 5.41. The van der Waals surface area contributed by atoms with Crippen molar-refractivity contribution in [1.82, 2.24) is 29.4 Å². The minimum atomic E-state index is -0.496. The zero-order chi connectivity index (χ0) is 35.2. The molecule has 0 radical (unpaired) electrons. The quantitative estimate of drug-likeness (QED) is 0.0913. The maximum Gasteiger partial charge on any atom is 0.271 e. The van der Waals surface area contributed by atoms with Gasteiger partial charge in [-0.1, -0.05) is 55.4 Å². The van der Waals surface area contributed by atoms with Crippen LogP contribution in [0, 0.1) is 10.1 Å². The van der Waals surface area contributed by atoms with Gasteiger partial charge in [0.05, 0.1) is 4.92 Å². The van der Waals surface area contributed by atoms with E-state index in [0.29, 0.717) is 26.2 Å². The van der Waals surface area contributed by atoms with Crippen molar-refractivity contribution in [3.05, 3.63) is 39.4 Å². The van der Waals surface area contributed by atoms with Crippen LogP contribution in [0.4, 0.5) is 5.69 Å². The van der Waals surface area contributed by atoms with E-state index in [1.807, 2.05) is 9.80 Å². The van der Waals surface area contributed by atoms with Crippen molar-refractivity contribution >= 4 is 17.5 Å². The molecule has 0 unspecified atom stereocenters. The Morgan fingerprint density at radius 3 is 0.957 bits per heavy atom. The third kappa shape index (κ3) is 15.4. The van der Waals surface area contributed by atoms with E-state index in [-0.39, 0.29) is 28.6 Å².